The number of amidine groups is 1. The zero-order valence-corrected chi connectivity index (χ0v) is 16.6. The molecule has 1 aliphatic rings. The molecule has 0 amide bonds. The number of nitrogens with two attached hydrogens (primary N) is 3. The Labute approximate surface area is 162 Å². The molecule has 1 aromatic carbocycles. The van der Waals surface area contributed by atoms with Crippen LogP contribution in [-0.2, 0) is 32.8 Å². The number of sulfonamides is 1. The van der Waals surface area contributed by atoms with E-state index >= 15 is 0 Å². The van der Waals surface area contributed by atoms with Crippen LogP contribution < -0.4 is 21.2 Å². The molecular formula is C16H20N5O5S2+. The number of hydrogen-bond donors (Lipinski definition) is 4. The predicted octanol–water partition coefficient (Wildman–Crippen LogP) is -2.13. The van der Waals surface area contributed by atoms with Crippen LogP contribution in [0.25, 0.3) is 0 Å². The van der Waals surface area contributed by atoms with Crippen LogP contribution >= 0.6 is 0 Å². The molecule has 0 fully saturated rings. The van der Waals surface area contributed by atoms with Crippen LogP contribution in [0, 0.1) is 0 Å². The summed E-state index contributed by atoms with van der Waals surface area (Å²) < 4.78 is 48.7. The van der Waals surface area contributed by atoms with Crippen molar-refractivity contribution in [1.82, 2.24) is 4.98 Å². The first-order valence-electron chi connectivity index (χ1n) is 8.09. The predicted molar refractivity (Wildman–Crippen MR) is 102 cm³/mol. The molecule has 150 valence electrons. The van der Waals surface area contributed by atoms with E-state index in [-0.39, 0.29) is 17.1 Å². The number of sulfone groups is 1. The Bertz CT molecular complexity index is 1190. The molecule has 2 heterocycles. The molecule has 0 saturated heterocycles. The van der Waals surface area contributed by atoms with Crippen LogP contribution in [0.3, 0.4) is 0 Å². The van der Waals surface area contributed by atoms with Crippen molar-refractivity contribution >= 4 is 31.4 Å². The van der Waals surface area contributed by atoms with Gasteiger partial charge in [0.05, 0.1) is 16.8 Å². The summed E-state index contributed by atoms with van der Waals surface area (Å²) in [5.41, 5.74) is 7.48. The van der Waals surface area contributed by atoms with Gasteiger partial charge < -0.3 is 10.0 Å². The molecule has 0 unspecified atom stereocenters. The lowest BCUT2D eigenvalue weighted by Gasteiger charge is -2.31. The van der Waals surface area contributed by atoms with Crippen molar-refractivity contribution in [3.05, 3.63) is 41.2 Å². The van der Waals surface area contributed by atoms with Gasteiger partial charge in [0.1, 0.15) is 16.2 Å². The van der Waals surface area contributed by atoms with E-state index in [1.165, 1.54) is 18.3 Å². The molecule has 1 aromatic heterocycles. The fourth-order valence-electron chi connectivity index (χ4n) is 3.29. The van der Waals surface area contributed by atoms with Crippen LogP contribution in [0.4, 0.5) is 5.69 Å². The van der Waals surface area contributed by atoms with Gasteiger partial charge in [0, 0.05) is 31.5 Å². The van der Waals surface area contributed by atoms with Gasteiger partial charge in [0.2, 0.25) is 10.0 Å². The second-order valence-corrected chi connectivity index (χ2v) is 10.0. The highest BCUT2D eigenvalue weighted by molar-refractivity contribution is 7.93. The van der Waals surface area contributed by atoms with Gasteiger partial charge in [-0.05, 0) is 23.8 Å². The first-order chi connectivity index (χ1) is 12.9. The van der Waals surface area contributed by atoms with Crippen LogP contribution in [-0.4, -0.2) is 45.6 Å². The van der Waals surface area contributed by atoms with Gasteiger partial charge in [0.15, 0.2) is 9.84 Å². The average molecular weight is 427 g/mol. The molecule has 3 rings (SSSR count). The minimum atomic E-state index is -4.46. The van der Waals surface area contributed by atoms with Crippen LogP contribution in [0.1, 0.15) is 16.8 Å². The number of nitrogens with zero attached hydrogens (tertiary/aromatic N) is 2. The van der Waals surface area contributed by atoms with Crippen LogP contribution in [0.15, 0.2) is 34.2 Å². The number of anilines is 1. The van der Waals surface area contributed by atoms with E-state index < -0.39 is 29.7 Å². The second-order valence-electron chi connectivity index (χ2n) is 6.53. The minimum Gasteiger partial charge on any atom is -0.506 e. The third kappa shape index (κ3) is 3.66. The Morgan fingerprint density at radius 2 is 1.96 bits per heavy atom. The van der Waals surface area contributed by atoms with Gasteiger partial charge in [-0.25, -0.2) is 22.0 Å². The van der Waals surface area contributed by atoms with Crippen molar-refractivity contribution in [3.8, 4) is 5.75 Å². The minimum absolute atomic E-state index is 0.00312. The maximum absolute atomic E-state index is 12.2. The Morgan fingerprint density at radius 1 is 1.29 bits per heavy atom. The highest BCUT2D eigenvalue weighted by atomic mass is 32.2. The highest BCUT2D eigenvalue weighted by Gasteiger charge is 2.32. The molecule has 10 nitrogen and oxygen atoms in total. The largest absolute Gasteiger partial charge is 0.506 e. The van der Waals surface area contributed by atoms with Crippen molar-refractivity contribution in [2.24, 2.45) is 10.9 Å². The van der Waals surface area contributed by atoms with Gasteiger partial charge in [-0.15, -0.1) is 0 Å². The number of primary sulfonamides is 1. The van der Waals surface area contributed by atoms with E-state index in [9.17, 15) is 21.9 Å². The molecule has 2 aromatic rings. The topological polar surface area (TPSA) is 182 Å². The number of hydrogen-bond acceptors (Lipinski definition) is 7. The van der Waals surface area contributed by atoms with E-state index in [1.807, 2.05) is 0 Å². The third-order valence-corrected chi connectivity index (χ3v) is 6.70. The summed E-state index contributed by atoms with van der Waals surface area (Å²) in [5.74, 6) is -0.368. The maximum atomic E-state index is 12.2. The lowest BCUT2D eigenvalue weighted by Crippen LogP contribution is -2.48. The standard InChI is InChI=1S/C16H19N5O5S2/c1-27(23,24)13-3-2-12(14(16(17)18)15(13)28(19,25)26)21-5-4-11-9(8-21)6-10(22)7-20-11/h2-3,6-7,22H,4-5,8H2,1H3,(H3,17,18)(H2,19,25,26)/p+1. The SMILES string of the molecule is CS(=O)(=O)c1ccc(N2CCc3ncc(O)cc3C2)c(C(N)=[NH2+])c1S(N)(=O)=O. The molecule has 0 bridgehead atoms. The Kier molecular flexibility index (Phi) is 4.81. The van der Waals surface area contributed by atoms with E-state index in [1.54, 1.807) is 11.0 Å². The fraction of sp³-hybridized carbons (Fsp3) is 0.250. The summed E-state index contributed by atoms with van der Waals surface area (Å²) in [6.45, 7) is 0.743. The monoisotopic (exact) mass is 426 g/mol. The molecular weight excluding hydrogens is 406 g/mol. The van der Waals surface area contributed by atoms with Crippen LogP contribution in [0.5, 0.6) is 5.75 Å². The quantitative estimate of drug-likeness (QED) is 0.315. The lowest BCUT2D eigenvalue weighted by molar-refractivity contribution is -0.114. The molecule has 28 heavy (non-hydrogen) atoms. The summed E-state index contributed by atoms with van der Waals surface area (Å²) in [5, 5.41) is 20.7. The van der Waals surface area contributed by atoms with E-state index in [0.29, 0.717) is 25.2 Å². The first kappa shape index (κ1) is 20.0. The highest BCUT2D eigenvalue weighted by Crippen LogP contribution is 2.34. The van der Waals surface area contributed by atoms with Gasteiger partial charge in [-0.3, -0.25) is 16.1 Å². The molecule has 0 radical (unpaired) electrons. The van der Waals surface area contributed by atoms with Gasteiger partial charge >= 0.3 is 0 Å². The maximum Gasteiger partial charge on any atom is 0.274 e. The number of aromatic nitrogens is 1. The van der Waals surface area contributed by atoms with Gasteiger partial charge in [-0.2, -0.15) is 0 Å². The number of fused-ring (bicyclic) bond motifs is 1. The van der Waals surface area contributed by atoms with E-state index in [2.05, 4.69) is 4.98 Å². The average Bonchev–Trinajstić information content (AvgIpc) is 2.58. The number of pyridine rings is 1. The first-order valence-corrected chi connectivity index (χ1v) is 11.5. The van der Waals surface area contributed by atoms with Gasteiger partial charge in [0.25, 0.3) is 5.84 Å². The lowest BCUT2D eigenvalue weighted by atomic mass is 10.0. The molecule has 0 aliphatic carbocycles. The molecule has 7 N–H and O–H groups in total. The normalized spacial score (nSPS) is 14.6. The smallest absolute Gasteiger partial charge is 0.274 e. The summed E-state index contributed by atoms with van der Waals surface area (Å²) in [6.07, 6.45) is 2.75. The van der Waals surface area contributed by atoms with Crippen molar-refractivity contribution in [1.29, 1.82) is 0 Å². The summed E-state index contributed by atoms with van der Waals surface area (Å²) >= 11 is 0. The Morgan fingerprint density at radius 3 is 2.54 bits per heavy atom. The summed E-state index contributed by atoms with van der Waals surface area (Å²) in [7, 11) is -8.38. The molecule has 12 heteroatoms. The Balaban J connectivity index is 2.24. The van der Waals surface area contributed by atoms with E-state index in [0.717, 1.165) is 17.5 Å². The molecule has 0 spiro atoms. The summed E-state index contributed by atoms with van der Waals surface area (Å²) in [4.78, 5) is 4.85. The fourth-order valence-corrected chi connectivity index (χ4v) is 5.70. The second kappa shape index (κ2) is 6.72. The zero-order valence-electron chi connectivity index (χ0n) is 15.0. The zero-order chi connectivity index (χ0) is 20.9. The molecule has 0 atom stereocenters. The number of benzene rings is 1. The van der Waals surface area contributed by atoms with Crippen molar-refractivity contribution in [2.45, 2.75) is 22.8 Å². The summed E-state index contributed by atoms with van der Waals surface area (Å²) in [6, 6.07) is 4.18. The Hall–Kier alpha value is -2.70. The van der Waals surface area contributed by atoms with Gasteiger partial charge in [-0.1, -0.05) is 0 Å². The molecule has 1 aliphatic heterocycles. The van der Waals surface area contributed by atoms with Crippen LogP contribution in [0.2, 0.25) is 0 Å². The van der Waals surface area contributed by atoms with Crippen molar-refractivity contribution < 1.29 is 27.4 Å². The number of aromatic hydroxyl groups is 1. The third-order valence-electron chi connectivity index (χ3n) is 4.44. The van der Waals surface area contributed by atoms with Crippen molar-refractivity contribution in [2.75, 3.05) is 17.7 Å². The van der Waals surface area contributed by atoms with Crippen molar-refractivity contribution in [3.63, 3.8) is 0 Å². The number of rotatable bonds is 4. The van der Waals surface area contributed by atoms with E-state index in [4.69, 9.17) is 16.3 Å². The molecule has 0 saturated carbocycles.